The van der Waals surface area contributed by atoms with Crippen LogP contribution < -0.4 is 10.1 Å². The van der Waals surface area contributed by atoms with Gasteiger partial charge in [0, 0.05) is 24.1 Å². The van der Waals surface area contributed by atoms with Crippen molar-refractivity contribution in [2.45, 2.75) is 12.8 Å². The van der Waals surface area contributed by atoms with Crippen LogP contribution in [0.5, 0.6) is 11.6 Å². The van der Waals surface area contributed by atoms with Crippen molar-refractivity contribution in [2.24, 2.45) is 0 Å². The second kappa shape index (κ2) is 10.0. The average Bonchev–Trinajstić information content (AvgIpc) is 3.33. The highest BCUT2D eigenvalue weighted by Gasteiger charge is 2.22. The zero-order valence-electron chi connectivity index (χ0n) is 19.1. The van der Waals surface area contributed by atoms with Gasteiger partial charge in [-0.05, 0) is 48.4 Å². The van der Waals surface area contributed by atoms with Gasteiger partial charge in [0.1, 0.15) is 11.6 Å². The first-order valence-electron chi connectivity index (χ1n) is 11.2. The largest absolute Gasteiger partial charge is 0.438 e. The van der Waals surface area contributed by atoms with Crippen LogP contribution >= 0.6 is 0 Å². The molecule has 1 amide bonds. The van der Waals surface area contributed by atoms with E-state index in [0.717, 1.165) is 17.0 Å². The lowest BCUT2D eigenvalue weighted by molar-refractivity contribution is -0.116. The summed E-state index contributed by atoms with van der Waals surface area (Å²) in [5.74, 6) is 1.93. The van der Waals surface area contributed by atoms with Gasteiger partial charge >= 0.3 is 0 Å². The van der Waals surface area contributed by atoms with Crippen LogP contribution in [0.2, 0.25) is 0 Å². The molecule has 0 unspecified atom stereocenters. The Morgan fingerprint density at radius 1 is 0.829 bits per heavy atom. The van der Waals surface area contributed by atoms with Crippen LogP contribution in [-0.2, 0) is 4.79 Å². The summed E-state index contributed by atoms with van der Waals surface area (Å²) in [5, 5.41) is 11.4. The molecule has 2 heterocycles. The number of nitrogens with one attached hydrogen (secondary N) is 1. The molecule has 2 aromatic heterocycles. The highest BCUT2D eigenvalue weighted by Crippen LogP contribution is 2.27. The first kappa shape index (κ1) is 22.0. The van der Waals surface area contributed by atoms with Gasteiger partial charge in [-0.3, -0.25) is 9.36 Å². The van der Waals surface area contributed by atoms with Gasteiger partial charge in [0.25, 0.3) is 0 Å². The molecule has 0 fully saturated rings. The number of benzene rings is 3. The third kappa shape index (κ3) is 5.09. The molecule has 0 aliphatic heterocycles. The Morgan fingerprint density at radius 2 is 1.49 bits per heavy atom. The number of aromatic nitrogens is 4. The minimum atomic E-state index is -0.416. The topological polar surface area (TPSA) is 81.9 Å². The molecule has 0 aliphatic rings. The van der Waals surface area contributed by atoms with Crippen molar-refractivity contribution >= 4 is 11.6 Å². The van der Waals surface area contributed by atoms with Crippen molar-refractivity contribution in [1.29, 1.82) is 0 Å². The third-order valence-corrected chi connectivity index (χ3v) is 5.57. The van der Waals surface area contributed by atoms with Crippen molar-refractivity contribution in [2.75, 3.05) is 5.32 Å². The molecule has 3 aromatic carbocycles. The third-order valence-electron chi connectivity index (χ3n) is 5.57. The first-order valence-corrected chi connectivity index (χ1v) is 11.2. The second-order valence-electron chi connectivity index (χ2n) is 7.94. The van der Waals surface area contributed by atoms with Gasteiger partial charge in [-0.25, -0.2) is 4.98 Å². The summed E-state index contributed by atoms with van der Waals surface area (Å²) < 4.78 is 7.66. The lowest BCUT2D eigenvalue weighted by atomic mass is 9.90. The normalized spacial score (nSPS) is 10.8. The Balaban J connectivity index is 1.28. The van der Waals surface area contributed by atoms with Crippen LogP contribution in [-0.4, -0.2) is 25.7 Å². The number of hydrogen-bond acceptors (Lipinski definition) is 5. The maximum Gasteiger partial charge on any atom is 0.238 e. The van der Waals surface area contributed by atoms with Gasteiger partial charge < -0.3 is 10.1 Å². The number of amides is 1. The Morgan fingerprint density at radius 3 is 2.03 bits per heavy atom. The first-order chi connectivity index (χ1) is 17.2. The summed E-state index contributed by atoms with van der Waals surface area (Å²) >= 11 is 0. The standard InChI is InChI=1S/C28H23N5O2/c1-20-29-18-19-33(20)25-16-17-26(32-31-25)35-24-14-12-23(13-15-24)30-28(34)27(21-8-4-2-5-9-21)22-10-6-3-7-11-22/h2-19,27H,1H3,(H,30,34). The predicted octanol–water partition coefficient (Wildman–Crippen LogP) is 5.53. The van der Waals surface area contributed by atoms with E-state index in [1.54, 1.807) is 36.5 Å². The number of anilines is 1. The van der Waals surface area contributed by atoms with Crippen molar-refractivity contribution in [3.8, 4) is 17.4 Å². The summed E-state index contributed by atoms with van der Waals surface area (Å²) in [4.78, 5) is 17.5. The molecule has 0 atom stereocenters. The number of carbonyl (C=O) groups is 1. The number of rotatable bonds is 7. The molecule has 0 saturated heterocycles. The van der Waals surface area contributed by atoms with Crippen LogP contribution in [0.4, 0.5) is 5.69 Å². The molecule has 5 aromatic rings. The number of hydrogen-bond donors (Lipinski definition) is 1. The number of imidazole rings is 1. The number of nitrogens with zero attached hydrogens (tertiary/aromatic N) is 4. The van der Waals surface area contributed by atoms with E-state index in [1.165, 1.54) is 0 Å². The summed E-state index contributed by atoms with van der Waals surface area (Å²) in [5.41, 5.74) is 2.55. The maximum absolute atomic E-state index is 13.3. The molecule has 0 aliphatic carbocycles. The fraction of sp³-hybridized carbons (Fsp3) is 0.0714. The summed E-state index contributed by atoms with van der Waals surface area (Å²) in [6, 6.07) is 30.3. The molecule has 5 rings (SSSR count). The maximum atomic E-state index is 13.3. The van der Waals surface area contributed by atoms with E-state index in [4.69, 9.17) is 4.74 Å². The van der Waals surface area contributed by atoms with E-state index >= 15 is 0 Å². The van der Waals surface area contributed by atoms with Gasteiger partial charge in [0.15, 0.2) is 5.82 Å². The summed E-state index contributed by atoms with van der Waals surface area (Å²) in [6.07, 6.45) is 3.54. The highest BCUT2D eigenvalue weighted by molar-refractivity contribution is 5.98. The molecule has 172 valence electrons. The Bertz CT molecular complexity index is 1360. The molecule has 35 heavy (non-hydrogen) atoms. The minimum Gasteiger partial charge on any atom is -0.438 e. The van der Waals surface area contributed by atoms with Gasteiger partial charge in [0.2, 0.25) is 11.8 Å². The Kier molecular flexibility index (Phi) is 6.30. The zero-order chi connectivity index (χ0) is 24.0. The van der Waals surface area contributed by atoms with E-state index in [0.29, 0.717) is 23.1 Å². The summed E-state index contributed by atoms with van der Waals surface area (Å²) in [6.45, 7) is 1.90. The average molecular weight is 462 g/mol. The van der Waals surface area contributed by atoms with Gasteiger partial charge in [0.05, 0.1) is 5.92 Å². The molecule has 7 heteroatoms. The van der Waals surface area contributed by atoms with Gasteiger partial charge in [-0.2, -0.15) is 0 Å². The predicted molar refractivity (Wildman–Crippen MR) is 134 cm³/mol. The van der Waals surface area contributed by atoms with Crippen molar-refractivity contribution in [1.82, 2.24) is 19.7 Å². The molecule has 0 bridgehead atoms. The molecular weight excluding hydrogens is 438 g/mol. The van der Waals surface area contributed by atoms with Crippen LogP contribution in [0.15, 0.2) is 109 Å². The van der Waals surface area contributed by atoms with E-state index in [2.05, 4.69) is 20.5 Å². The zero-order valence-corrected chi connectivity index (χ0v) is 19.1. The monoisotopic (exact) mass is 461 g/mol. The smallest absolute Gasteiger partial charge is 0.238 e. The van der Waals surface area contributed by atoms with Gasteiger partial charge in [-0.15, -0.1) is 10.2 Å². The van der Waals surface area contributed by atoms with E-state index < -0.39 is 5.92 Å². The minimum absolute atomic E-state index is 0.104. The molecule has 0 radical (unpaired) electrons. The molecule has 7 nitrogen and oxygen atoms in total. The van der Waals surface area contributed by atoms with Crippen molar-refractivity contribution in [3.05, 3.63) is 126 Å². The Labute approximate surface area is 203 Å². The van der Waals surface area contributed by atoms with Crippen LogP contribution in [0, 0.1) is 6.92 Å². The van der Waals surface area contributed by atoms with Gasteiger partial charge in [-0.1, -0.05) is 60.7 Å². The lowest BCUT2D eigenvalue weighted by Crippen LogP contribution is -2.22. The SMILES string of the molecule is Cc1nccn1-c1ccc(Oc2ccc(NC(=O)C(c3ccccc3)c3ccccc3)cc2)nn1. The summed E-state index contributed by atoms with van der Waals surface area (Å²) in [7, 11) is 0. The van der Waals surface area contributed by atoms with Crippen LogP contribution in [0.25, 0.3) is 5.82 Å². The number of aryl methyl sites for hydroxylation is 1. The van der Waals surface area contributed by atoms with Crippen molar-refractivity contribution in [3.63, 3.8) is 0 Å². The number of carbonyl (C=O) groups excluding carboxylic acids is 1. The van der Waals surface area contributed by atoms with Crippen LogP contribution in [0.1, 0.15) is 22.9 Å². The quantitative estimate of drug-likeness (QED) is 0.344. The van der Waals surface area contributed by atoms with E-state index in [1.807, 2.05) is 84.4 Å². The second-order valence-corrected chi connectivity index (χ2v) is 7.94. The molecule has 0 spiro atoms. The molecular formula is C28H23N5O2. The highest BCUT2D eigenvalue weighted by atomic mass is 16.5. The van der Waals surface area contributed by atoms with Crippen LogP contribution in [0.3, 0.4) is 0 Å². The molecule has 1 N–H and O–H groups in total. The van der Waals surface area contributed by atoms with E-state index in [-0.39, 0.29) is 5.91 Å². The van der Waals surface area contributed by atoms with Crippen molar-refractivity contribution < 1.29 is 9.53 Å². The molecule has 0 saturated carbocycles. The Hall–Kier alpha value is -4.78. The van der Waals surface area contributed by atoms with E-state index in [9.17, 15) is 4.79 Å². The number of ether oxygens (including phenoxy) is 1. The fourth-order valence-corrected chi connectivity index (χ4v) is 3.84. The fourth-order valence-electron chi connectivity index (χ4n) is 3.84. The lowest BCUT2D eigenvalue weighted by Gasteiger charge is -2.18.